The number of benzene rings is 4. The Labute approximate surface area is 258 Å². The molecule has 3 N–H and O–H groups in total. The molecule has 4 aromatic rings. The van der Waals surface area contributed by atoms with Gasteiger partial charge in [-0.2, -0.15) is 21.9 Å². The maximum absolute atomic E-state index is 14.3. The van der Waals surface area contributed by atoms with E-state index in [4.69, 9.17) is 5.73 Å². The van der Waals surface area contributed by atoms with E-state index in [-0.39, 0.29) is 0 Å². The van der Waals surface area contributed by atoms with E-state index in [0.717, 1.165) is 5.84 Å². The maximum atomic E-state index is 14.3. The molecule has 2 nitrogen and oxygen atoms in total. The monoisotopic (exact) mass is 600 g/mol. The topological polar surface area (TPSA) is 40.0 Å². The lowest BCUT2D eigenvalue weighted by molar-refractivity contribution is -0.511. The van der Waals surface area contributed by atoms with Crippen molar-refractivity contribution in [2.45, 2.75) is 70.3 Å². The van der Waals surface area contributed by atoms with Gasteiger partial charge in [0.1, 0.15) is 29.4 Å². The van der Waals surface area contributed by atoms with Crippen LogP contribution in [-0.4, -0.2) is 18.0 Å². The average Bonchev–Trinajstić information content (AvgIpc) is 3.03. The maximum Gasteiger partial charge on any atom is 0.243 e. The van der Waals surface area contributed by atoms with Crippen LogP contribution in [0.25, 0.3) is 0 Å². The summed E-state index contributed by atoms with van der Waals surface area (Å²) in [6, 6.07) is 24.2. The predicted octanol–water partition coefficient (Wildman–Crippen LogP) is 4.96. The second-order valence-corrected chi connectivity index (χ2v) is 12.4. The van der Waals surface area contributed by atoms with Crippen molar-refractivity contribution in [2.75, 3.05) is 0 Å². The van der Waals surface area contributed by atoms with E-state index >= 15 is 0 Å². The molecule has 2 aliphatic rings. The van der Waals surface area contributed by atoms with Crippen molar-refractivity contribution in [3.63, 3.8) is 0 Å². The van der Waals surface area contributed by atoms with Crippen LogP contribution in [0, 0.1) is 29.2 Å². The fourth-order valence-corrected chi connectivity index (χ4v) is 7.27. The van der Waals surface area contributed by atoms with Crippen LogP contribution in [0.5, 0.6) is 0 Å². The molecule has 0 heterocycles. The standard InChI is InChI=1S/C24H16BF4.C13H24N2/c26-21-9-1-5-17(13-21)25(18-6-2-10-22(27)14-18,19-7-3-11-23(28)15-19)20-8-4-12-24(29)16-20;14-13(11-7-3-1-4-8-11)15-12-9-5-2-6-10-12/h1-16H;11-12H,1-10H2,(H2,14,15)/q-1;/p+1. The van der Waals surface area contributed by atoms with Crippen LogP contribution in [0.2, 0.25) is 0 Å². The molecule has 0 unspecified atom stereocenters. The molecule has 2 fully saturated rings. The first kappa shape index (κ1) is 31.6. The Hall–Kier alpha value is -3.87. The van der Waals surface area contributed by atoms with Crippen molar-refractivity contribution >= 4 is 33.8 Å². The second-order valence-electron chi connectivity index (χ2n) is 12.4. The van der Waals surface area contributed by atoms with Crippen molar-refractivity contribution in [1.29, 1.82) is 0 Å². The van der Waals surface area contributed by atoms with Crippen LogP contribution in [0.4, 0.5) is 17.6 Å². The molecular formula is C37H41BF4N2. The van der Waals surface area contributed by atoms with Crippen LogP contribution in [0.15, 0.2) is 97.1 Å². The minimum atomic E-state index is -2.25. The highest BCUT2D eigenvalue weighted by Gasteiger charge is 2.33. The van der Waals surface area contributed by atoms with E-state index in [0.29, 0.717) is 33.8 Å². The molecule has 6 rings (SSSR count). The summed E-state index contributed by atoms with van der Waals surface area (Å²) in [5.74, 6) is -0.186. The smallest absolute Gasteiger partial charge is 0.243 e. The number of rotatable bonds is 6. The second kappa shape index (κ2) is 14.7. The van der Waals surface area contributed by atoms with Crippen molar-refractivity contribution in [3.8, 4) is 0 Å². The zero-order valence-corrected chi connectivity index (χ0v) is 25.1. The number of nitrogens with two attached hydrogens (primary N) is 1. The first-order chi connectivity index (χ1) is 21.4. The van der Waals surface area contributed by atoms with E-state index in [1.165, 1.54) is 113 Å². The van der Waals surface area contributed by atoms with Gasteiger partial charge >= 0.3 is 0 Å². The quantitative estimate of drug-likeness (QED) is 0.140. The van der Waals surface area contributed by atoms with Crippen LogP contribution < -0.4 is 32.6 Å². The molecule has 0 radical (unpaired) electrons. The normalized spacial score (nSPS) is 16.7. The molecule has 0 atom stereocenters. The Morgan fingerprint density at radius 2 is 0.864 bits per heavy atom. The SMILES string of the molecule is Fc1cccc([B-](c2cccc(F)c2)(c2cccc(F)c2)c2cccc(F)c2)c1.NC(=[NH+]C1CCCCC1)C1CCCCC1. The van der Waals surface area contributed by atoms with Gasteiger partial charge in [-0.25, -0.2) is 17.6 Å². The van der Waals surface area contributed by atoms with Crippen molar-refractivity contribution in [3.05, 3.63) is 120 Å². The van der Waals surface area contributed by atoms with Gasteiger partial charge in [-0.15, -0.1) is 0 Å². The van der Waals surface area contributed by atoms with Crippen molar-refractivity contribution in [2.24, 2.45) is 11.7 Å². The number of hydrogen-bond donors (Lipinski definition) is 2. The van der Waals surface area contributed by atoms with E-state index < -0.39 is 29.4 Å². The van der Waals surface area contributed by atoms with Gasteiger partial charge in [0.2, 0.25) is 5.84 Å². The molecule has 2 saturated carbocycles. The zero-order valence-electron chi connectivity index (χ0n) is 25.1. The molecule has 230 valence electrons. The summed E-state index contributed by atoms with van der Waals surface area (Å²) >= 11 is 0. The summed E-state index contributed by atoms with van der Waals surface area (Å²) in [6.07, 6.45) is 11.4. The number of nitrogens with one attached hydrogen (secondary N) is 1. The first-order valence-corrected chi connectivity index (χ1v) is 15.9. The van der Waals surface area contributed by atoms with Crippen molar-refractivity contribution in [1.82, 2.24) is 0 Å². The third kappa shape index (κ3) is 7.43. The van der Waals surface area contributed by atoms with Gasteiger partial charge in [0.15, 0.2) is 0 Å². The van der Waals surface area contributed by atoms with Gasteiger partial charge in [-0.05, 0) is 62.8 Å². The first-order valence-electron chi connectivity index (χ1n) is 15.9. The molecule has 7 heteroatoms. The highest BCUT2D eigenvalue weighted by atomic mass is 19.1. The van der Waals surface area contributed by atoms with Crippen molar-refractivity contribution < 1.29 is 22.6 Å². The Morgan fingerprint density at radius 1 is 0.523 bits per heavy atom. The van der Waals surface area contributed by atoms with Gasteiger partial charge in [0.05, 0.1) is 12.0 Å². The minimum Gasteiger partial charge on any atom is -0.291 e. The summed E-state index contributed by atoms with van der Waals surface area (Å²) in [6.45, 7) is 0. The number of hydrogen-bond acceptors (Lipinski definition) is 0. The number of halogens is 4. The van der Waals surface area contributed by atoms with E-state index in [2.05, 4.69) is 4.99 Å². The molecule has 0 aromatic heterocycles. The molecule has 4 aromatic carbocycles. The Balaban J connectivity index is 0.000000215. The lowest BCUT2D eigenvalue weighted by Gasteiger charge is -2.44. The predicted molar refractivity (Wildman–Crippen MR) is 173 cm³/mol. The summed E-state index contributed by atoms with van der Waals surface area (Å²) in [4.78, 5) is 3.58. The lowest BCUT2D eigenvalue weighted by atomic mass is 9.13. The molecule has 0 saturated heterocycles. The summed E-state index contributed by atoms with van der Waals surface area (Å²) < 4.78 is 57.1. The minimum absolute atomic E-state index is 0.488. The lowest BCUT2D eigenvalue weighted by Crippen LogP contribution is -2.83. The Kier molecular flexibility index (Phi) is 10.6. The third-order valence-corrected chi connectivity index (χ3v) is 9.42. The van der Waals surface area contributed by atoms with E-state index in [1.807, 2.05) is 0 Å². The van der Waals surface area contributed by atoms with E-state index in [9.17, 15) is 17.6 Å². The molecule has 44 heavy (non-hydrogen) atoms. The molecule has 0 bridgehead atoms. The van der Waals surface area contributed by atoms with Gasteiger partial charge in [0, 0.05) is 0 Å². The largest absolute Gasteiger partial charge is 0.291 e. The van der Waals surface area contributed by atoms with Gasteiger partial charge < -0.3 is 0 Å². The van der Waals surface area contributed by atoms with E-state index in [1.54, 1.807) is 48.5 Å². The van der Waals surface area contributed by atoms with Crippen LogP contribution in [0.3, 0.4) is 0 Å². The fourth-order valence-electron chi connectivity index (χ4n) is 7.27. The van der Waals surface area contributed by atoms with Gasteiger partial charge in [-0.3, -0.25) is 10.7 Å². The number of amidine groups is 1. The van der Waals surface area contributed by atoms with Crippen LogP contribution >= 0.6 is 0 Å². The molecule has 0 spiro atoms. The summed E-state index contributed by atoms with van der Waals surface area (Å²) in [5, 5.41) is 0. The fraction of sp³-hybridized carbons (Fsp3) is 0.324. The summed E-state index contributed by atoms with van der Waals surface area (Å²) in [7, 11) is 0. The molecule has 0 aliphatic heterocycles. The van der Waals surface area contributed by atoms with Gasteiger partial charge in [0.25, 0.3) is 0 Å². The highest BCUT2D eigenvalue weighted by Crippen LogP contribution is 2.22. The molecular weight excluding hydrogens is 559 g/mol. The third-order valence-electron chi connectivity index (χ3n) is 9.42. The van der Waals surface area contributed by atoms with Crippen LogP contribution in [0.1, 0.15) is 64.2 Å². The van der Waals surface area contributed by atoms with Gasteiger partial charge in [-0.1, -0.05) is 98.5 Å². The van der Waals surface area contributed by atoms with Crippen LogP contribution in [-0.2, 0) is 0 Å². The highest BCUT2D eigenvalue weighted by molar-refractivity contribution is 7.19. The summed E-state index contributed by atoms with van der Waals surface area (Å²) in [5.41, 5.74) is 8.15. The molecule has 0 amide bonds. The molecule has 2 aliphatic carbocycles. The Morgan fingerprint density at radius 3 is 1.20 bits per heavy atom. The Bertz CT molecular complexity index is 1370. The average molecular weight is 601 g/mol. The zero-order chi connectivity index (χ0) is 30.9.